The average Bonchev–Trinajstić information content (AvgIpc) is 2.15. The zero-order chi connectivity index (χ0) is 9.68. The first-order valence-electron chi connectivity index (χ1n) is 3.82. The van der Waals surface area contributed by atoms with Crippen LogP contribution in [0.3, 0.4) is 0 Å². The summed E-state index contributed by atoms with van der Waals surface area (Å²) < 4.78 is 0. The molecule has 0 spiro atoms. The molecule has 1 aromatic rings. The maximum absolute atomic E-state index is 9.00. The van der Waals surface area contributed by atoms with Gasteiger partial charge < -0.3 is 5.11 Å². The largest absolute Gasteiger partial charge is 0.502 e. The van der Waals surface area contributed by atoms with E-state index >= 15 is 0 Å². The summed E-state index contributed by atoms with van der Waals surface area (Å²) in [7, 11) is 1.69. The van der Waals surface area contributed by atoms with Crippen molar-refractivity contribution in [1.29, 1.82) is 0 Å². The van der Waals surface area contributed by atoms with Gasteiger partial charge in [0.1, 0.15) is 10.1 Å². The molecular formula is C10H11NOS. The van der Waals surface area contributed by atoms with Crippen LogP contribution in [-0.4, -0.2) is 17.2 Å². The lowest BCUT2D eigenvalue weighted by Crippen LogP contribution is -1.94. The highest BCUT2D eigenvalue weighted by Gasteiger charge is 2.03. The number of aliphatic imine (C=N–C) groups is 1. The van der Waals surface area contributed by atoms with Crippen LogP contribution in [0.4, 0.5) is 0 Å². The zero-order valence-electron chi connectivity index (χ0n) is 7.40. The molecule has 0 amide bonds. The number of hydrogen-bond donors (Lipinski definition) is 1. The molecule has 0 atom stereocenters. The summed E-state index contributed by atoms with van der Waals surface area (Å²) in [5, 5.41) is 9.83. The minimum absolute atomic E-state index is 0.0597. The van der Waals surface area contributed by atoms with Crippen molar-refractivity contribution >= 4 is 16.8 Å². The Morgan fingerprint density at radius 2 is 2.00 bits per heavy atom. The minimum atomic E-state index is 0.0597. The molecule has 0 saturated carbocycles. The Bertz CT molecular complexity index is 319. The van der Waals surface area contributed by atoms with Crippen molar-refractivity contribution in [2.45, 2.75) is 0 Å². The van der Waals surface area contributed by atoms with Gasteiger partial charge in [-0.3, -0.25) is 4.99 Å². The summed E-state index contributed by atoms with van der Waals surface area (Å²) in [4.78, 5) is 4.06. The molecule has 0 bridgehead atoms. The van der Waals surface area contributed by atoms with Crippen molar-refractivity contribution in [1.82, 2.24) is 0 Å². The summed E-state index contributed by atoms with van der Waals surface area (Å²) in [6.07, 6.45) is 0. The van der Waals surface area contributed by atoms with Gasteiger partial charge in [0.2, 0.25) is 0 Å². The molecule has 68 valence electrons. The van der Waals surface area contributed by atoms with Crippen molar-refractivity contribution in [3.63, 3.8) is 0 Å². The van der Waals surface area contributed by atoms with Crippen molar-refractivity contribution in [3.8, 4) is 0 Å². The summed E-state index contributed by atoms with van der Waals surface area (Å²) in [5.41, 5.74) is 0.991. The zero-order valence-corrected chi connectivity index (χ0v) is 8.21. The van der Waals surface area contributed by atoms with Crippen LogP contribution in [0.5, 0.6) is 0 Å². The molecule has 0 aliphatic rings. The number of nitrogens with zero attached hydrogens (tertiary/aromatic N) is 1. The van der Waals surface area contributed by atoms with E-state index in [1.165, 1.54) is 0 Å². The SMILES string of the molecule is C=C(O)S/C(=N\C)c1ccccc1. The molecule has 0 radical (unpaired) electrons. The van der Waals surface area contributed by atoms with Gasteiger partial charge in [-0.15, -0.1) is 0 Å². The number of aliphatic hydroxyl groups is 1. The van der Waals surface area contributed by atoms with Gasteiger partial charge in [0, 0.05) is 12.6 Å². The van der Waals surface area contributed by atoms with Crippen LogP contribution >= 0.6 is 11.8 Å². The maximum atomic E-state index is 9.00. The molecule has 0 aliphatic carbocycles. The molecule has 2 nitrogen and oxygen atoms in total. The Hall–Kier alpha value is -1.22. The summed E-state index contributed by atoms with van der Waals surface area (Å²) in [6, 6.07) is 9.69. The molecule has 0 aliphatic heterocycles. The fourth-order valence-electron chi connectivity index (χ4n) is 0.926. The van der Waals surface area contributed by atoms with Gasteiger partial charge in [0.25, 0.3) is 0 Å². The quantitative estimate of drug-likeness (QED) is 0.445. The predicted octanol–water partition coefficient (Wildman–Crippen LogP) is 2.83. The summed E-state index contributed by atoms with van der Waals surface area (Å²) in [5.74, 6) is 0. The van der Waals surface area contributed by atoms with Crippen molar-refractivity contribution in [3.05, 3.63) is 47.6 Å². The second-order valence-electron chi connectivity index (χ2n) is 2.39. The van der Waals surface area contributed by atoms with E-state index in [1.807, 2.05) is 30.3 Å². The lowest BCUT2D eigenvalue weighted by atomic mass is 10.2. The average molecular weight is 193 g/mol. The highest BCUT2D eigenvalue weighted by atomic mass is 32.2. The second kappa shape index (κ2) is 4.72. The minimum Gasteiger partial charge on any atom is -0.502 e. The predicted molar refractivity (Wildman–Crippen MR) is 58.3 cm³/mol. The van der Waals surface area contributed by atoms with Crippen LogP contribution in [0, 0.1) is 0 Å². The van der Waals surface area contributed by atoms with Gasteiger partial charge in [-0.1, -0.05) is 30.3 Å². The molecule has 13 heavy (non-hydrogen) atoms. The fraction of sp³-hybridized carbons (Fsp3) is 0.100. The lowest BCUT2D eigenvalue weighted by Gasteiger charge is -2.02. The van der Waals surface area contributed by atoms with Gasteiger partial charge in [0.15, 0.2) is 0 Å². The Morgan fingerprint density at radius 3 is 2.46 bits per heavy atom. The van der Waals surface area contributed by atoms with Gasteiger partial charge >= 0.3 is 0 Å². The van der Waals surface area contributed by atoms with E-state index in [2.05, 4.69) is 11.6 Å². The summed E-state index contributed by atoms with van der Waals surface area (Å²) in [6.45, 7) is 3.41. The first-order chi connectivity index (χ1) is 6.24. The Balaban J connectivity index is 2.86. The lowest BCUT2D eigenvalue weighted by molar-refractivity contribution is 0.460. The van der Waals surface area contributed by atoms with E-state index in [0.29, 0.717) is 0 Å². The van der Waals surface area contributed by atoms with E-state index in [1.54, 1.807) is 7.05 Å². The number of hydrogen-bond acceptors (Lipinski definition) is 3. The molecule has 0 heterocycles. The Morgan fingerprint density at radius 1 is 1.38 bits per heavy atom. The van der Waals surface area contributed by atoms with Crippen LogP contribution < -0.4 is 0 Å². The number of benzene rings is 1. The van der Waals surface area contributed by atoms with Gasteiger partial charge in [0.05, 0.1) is 0 Å². The van der Waals surface area contributed by atoms with Gasteiger partial charge in [-0.25, -0.2) is 0 Å². The molecule has 1 rings (SSSR count). The number of aliphatic hydroxyl groups excluding tert-OH is 1. The number of thioether (sulfide) groups is 1. The molecule has 3 heteroatoms. The van der Waals surface area contributed by atoms with E-state index < -0.39 is 0 Å². The highest BCUT2D eigenvalue weighted by Crippen LogP contribution is 2.18. The van der Waals surface area contributed by atoms with E-state index in [4.69, 9.17) is 5.11 Å². The van der Waals surface area contributed by atoms with Crippen LogP contribution in [0.1, 0.15) is 5.56 Å². The second-order valence-corrected chi connectivity index (χ2v) is 3.45. The molecule has 1 aromatic carbocycles. The standard InChI is InChI=1S/C10H11NOS/c1-8(12)13-10(11-2)9-6-4-3-5-7-9/h3-7,12H,1H2,2H3/b11-10-. The molecular weight excluding hydrogens is 182 g/mol. The van der Waals surface area contributed by atoms with Crippen molar-refractivity contribution in [2.75, 3.05) is 7.05 Å². The van der Waals surface area contributed by atoms with Crippen LogP contribution in [-0.2, 0) is 0 Å². The fourth-order valence-corrected chi connectivity index (χ4v) is 1.49. The van der Waals surface area contributed by atoms with Crippen molar-refractivity contribution < 1.29 is 5.11 Å². The van der Waals surface area contributed by atoms with Gasteiger partial charge in [-0.05, 0) is 18.3 Å². The topological polar surface area (TPSA) is 32.6 Å². The smallest absolute Gasteiger partial charge is 0.148 e. The third-order valence-corrected chi connectivity index (χ3v) is 2.29. The summed E-state index contributed by atoms with van der Waals surface area (Å²) >= 11 is 1.16. The van der Waals surface area contributed by atoms with Crippen LogP contribution in [0.15, 0.2) is 47.0 Å². The van der Waals surface area contributed by atoms with Crippen molar-refractivity contribution in [2.24, 2.45) is 4.99 Å². The third-order valence-electron chi connectivity index (χ3n) is 1.44. The monoisotopic (exact) mass is 193 g/mol. The number of rotatable bonds is 2. The van der Waals surface area contributed by atoms with Crippen LogP contribution in [0.25, 0.3) is 0 Å². The van der Waals surface area contributed by atoms with Crippen LogP contribution in [0.2, 0.25) is 0 Å². The van der Waals surface area contributed by atoms with Gasteiger partial charge in [-0.2, -0.15) is 0 Å². The molecule has 0 aromatic heterocycles. The Kier molecular flexibility index (Phi) is 3.58. The molecule has 0 unspecified atom stereocenters. The first-order valence-corrected chi connectivity index (χ1v) is 4.63. The third kappa shape index (κ3) is 2.95. The molecule has 0 fully saturated rings. The Labute approximate surface area is 82.0 Å². The van der Waals surface area contributed by atoms with E-state index in [0.717, 1.165) is 22.4 Å². The van der Waals surface area contributed by atoms with E-state index in [-0.39, 0.29) is 5.09 Å². The highest BCUT2D eigenvalue weighted by molar-refractivity contribution is 8.17. The molecule has 1 N–H and O–H groups in total. The first kappa shape index (κ1) is 9.86. The van der Waals surface area contributed by atoms with E-state index in [9.17, 15) is 0 Å². The maximum Gasteiger partial charge on any atom is 0.148 e. The molecule has 0 saturated heterocycles. The normalized spacial score (nSPS) is 11.3.